The van der Waals surface area contributed by atoms with Crippen LogP contribution in [-0.4, -0.2) is 56.5 Å². The van der Waals surface area contributed by atoms with E-state index in [9.17, 15) is 14.6 Å². The maximum Gasteiger partial charge on any atom is 0.327 e. The Balaban J connectivity index is 1.86. The molecule has 1 atom stereocenters. The molecule has 0 aliphatic rings. The van der Waals surface area contributed by atoms with Gasteiger partial charge in [-0.2, -0.15) is 15.0 Å². The van der Waals surface area contributed by atoms with Crippen LogP contribution in [0.4, 0.5) is 5.82 Å². The van der Waals surface area contributed by atoms with Crippen molar-refractivity contribution in [1.29, 1.82) is 0 Å². The lowest BCUT2D eigenvalue weighted by Gasteiger charge is -2.10. The van der Waals surface area contributed by atoms with E-state index in [1.165, 1.54) is 14.2 Å². The molecule has 2 heterocycles. The molecule has 156 valence electrons. The number of phenolic OH excluding ortho intramolecular Hbond substituents is 1. The molecule has 4 N–H and O–H groups in total. The smallest absolute Gasteiger partial charge is 0.327 e. The molecule has 0 saturated heterocycles. The van der Waals surface area contributed by atoms with Gasteiger partial charge in [0.15, 0.2) is 17.0 Å². The van der Waals surface area contributed by atoms with Crippen LogP contribution in [0.2, 0.25) is 0 Å². The number of fused-ring (bicyclic) bond motifs is 1. The number of methoxy groups -OCH3 is 1. The second-order valence-corrected chi connectivity index (χ2v) is 8.25. The van der Waals surface area contributed by atoms with Crippen LogP contribution in [0.3, 0.4) is 0 Å². The van der Waals surface area contributed by atoms with Crippen molar-refractivity contribution >= 4 is 24.6 Å². The van der Waals surface area contributed by atoms with E-state index in [1.807, 2.05) is 6.07 Å². The Morgan fingerprint density at radius 2 is 2.03 bits per heavy atom. The van der Waals surface area contributed by atoms with Gasteiger partial charge >= 0.3 is 13.6 Å². The van der Waals surface area contributed by atoms with Crippen molar-refractivity contribution in [1.82, 2.24) is 19.5 Å². The van der Waals surface area contributed by atoms with Gasteiger partial charge in [-0.15, -0.1) is 0 Å². The molecule has 3 aromatic rings. The van der Waals surface area contributed by atoms with Crippen LogP contribution in [0.1, 0.15) is 12.0 Å². The summed E-state index contributed by atoms with van der Waals surface area (Å²) in [6, 6.07) is 7.07. The minimum atomic E-state index is -3.59. The highest BCUT2D eigenvalue weighted by Gasteiger charge is 2.19. The lowest BCUT2D eigenvalue weighted by molar-refractivity contribution is 0.280. The van der Waals surface area contributed by atoms with Crippen molar-refractivity contribution in [3.8, 4) is 17.8 Å². The first kappa shape index (κ1) is 20.8. The van der Waals surface area contributed by atoms with Gasteiger partial charge in [0.05, 0.1) is 26.4 Å². The van der Waals surface area contributed by atoms with Gasteiger partial charge in [-0.1, -0.05) is 12.1 Å². The standard InChI is InChI=1S/C17H22N5O6P/c1-26-17-19-13-14(18)20-16(28-7-4-8-29(24,25)27-2)21-15(13)22(17)10-11-5-3-6-12(23)9-11/h3,5-6,9,23H,4,7-8,10H2,1-2H3,(H,24,25)(H2,18,20,21). The molecule has 2 aromatic heterocycles. The molecule has 12 heteroatoms. The van der Waals surface area contributed by atoms with E-state index in [2.05, 4.69) is 19.5 Å². The van der Waals surface area contributed by atoms with Crippen LogP contribution >= 0.6 is 7.60 Å². The summed E-state index contributed by atoms with van der Waals surface area (Å²) in [4.78, 5) is 22.2. The van der Waals surface area contributed by atoms with Gasteiger partial charge in [0.1, 0.15) is 5.75 Å². The van der Waals surface area contributed by atoms with Crippen LogP contribution in [0, 0.1) is 0 Å². The number of nitrogens with zero attached hydrogens (tertiary/aromatic N) is 4. The van der Waals surface area contributed by atoms with Crippen molar-refractivity contribution in [2.24, 2.45) is 0 Å². The fourth-order valence-electron chi connectivity index (χ4n) is 2.70. The van der Waals surface area contributed by atoms with Crippen molar-refractivity contribution in [2.75, 3.05) is 32.7 Å². The quantitative estimate of drug-likeness (QED) is 0.342. The molecule has 0 spiro atoms. The summed E-state index contributed by atoms with van der Waals surface area (Å²) in [7, 11) is -0.934. The molecule has 1 aromatic carbocycles. The fourth-order valence-corrected chi connectivity index (χ4v) is 3.41. The Bertz CT molecular complexity index is 1060. The van der Waals surface area contributed by atoms with E-state index in [-0.39, 0.29) is 42.8 Å². The normalized spacial score (nSPS) is 13.3. The second-order valence-electron chi connectivity index (χ2n) is 6.16. The maximum absolute atomic E-state index is 11.5. The van der Waals surface area contributed by atoms with Gasteiger partial charge < -0.3 is 29.7 Å². The molecule has 0 bridgehead atoms. The van der Waals surface area contributed by atoms with E-state index in [4.69, 9.17) is 15.2 Å². The number of nitrogen functional groups attached to an aromatic ring is 1. The summed E-state index contributed by atoms with van der Waals surface area (Å²) in [5, 5.41) is 9.70. The molecule has 0 aliphatic carbocycles. The van der Waals surface area contributed by atoms with Crippen LogP contribution in [-0.2, 0) is 15.6 Å². The van der Waals surface area contributed by atoms with Crippen molar-refractivity contribution < 1.29 is 28.6 Å². The number of imidazole rings is 1. The van der Waals surface area contributed by atoms with E-state index >= 15 is 0 Å². The number of ether oxygens (including phenoxy) is 2. The number of hydrogen-bond acceptors (Lipinski definition) is 9. The topological polar surface area (TPSA) is 155 Å². The third-order valence-electron chi connectivity index (χ3n) is 4.10. The molecule has 3 rings (SSSR count). The number of aromatic nitrogens is 4. The lowest BCUT2D eigenvalue weighted by Crippen LogP contribution is -2.08. The third-order valence-corrected chi connectivity index (χ3v) is 5.55. The number of phenols is 1. The van der Waals surface area contributed by atoms with Gasteiger partial charge in [-0.3, -0.25) is 9.13 Å². The first-order chi connectivity index (χ1) is 13.8. The fraction of sp³-hybridized carbons (Fsp3) is 0.353. The summed E-state index contributed by atoms with van der Waals surface area (Å²) in [6.07, 6.45) is 0.222. The first-order valence-corrected chi connectivity index (χ1v) is 10.4. The van der Waals surface area contributed by atoms with Crippen LogP contribution in [0.25, 0.3) is 11.2 Å². The molecule has 11 nitrogen and oxygen atoms in total. The monoisotopic (exact) mass is 423 g/mol. The SMILES string of the molecule is COc1nc2c(N)nc(OCCCP(=O)(O)OC)nc2n1Cc1cccc(O)c1. The summed E-state index contributed by atoms with van der Waals surface area (Å²) < 4.78 is 28.5. The van der Waals surface area contributed by atoms with Crippen molar-refractivity contribution in [2.45, 2.75) is 13.0 Å². The lowest BCUT2D eigenvalue weighted by atomic mass is 10.2. The minimum absolute atomic E-state index is 0.0138. The molecular weight excluding hydrogens is 401 g/mol. The van der Waals surface area contributed by atoms with Gasteiger partial charge in [0.25, 0.3) is 6.01 Å². The van der Waals surface area contributed by atoms with E-state index < -0.39 is 7.60 Å². The van der Waals surface area contributed by atoms with Crippen LogP contribution in [0.5, 0.6) is 17.8 Å². The van der Waals surface area contributed by atoms with Crippen LogP contribution in [0.15, 0.2) is 24.3 Å². The zero-order valence-electron chi connectivity index (χ0n) is 16.0. The Morgan fingerprint density at radius 1 is 1.24 bits per heavy atom. The first-order valence-electron chi connectivity index (χ1n) is 8.69. The number of benzene rings is 1. The average molecular weight is 423 g/mol. The van der Waals surface area contributed by atoms with Gasteiger partial charge in [0, 0.05) is 7.11 Å². The van der Waals surface area contributed by atoms with E-state index in [0.717, 1.165) is 5.56 Å². The number of hydrogen-bond donors (Lipinski definition) is 3. The highest BCUT2D eigenvalue weighted by Crippen LogP contribution is 2.41. The summed E-state index contributed by atoms with van der Waals surface area (Å²) in [6.45, 7) is 0.433. The molecular formula is C17H22N5O6P. The largest absolute Gasteiger partial charge is 0.508 e. The Kier molecular flexibility index (Phi) is 6.21. The molecule has 0 saturated carbocycles. The highest BCUT2D eigenvalue weighted by atomic mass is 31.2. The summed E-state index contributed by atoms with van der Waals surface area (Å²) in [5.41, 5.74) is 7.56. The average Bonchev–Trinajstić information content (AvgIpc) is 3.03. The molecule has 0 aliphatic heterocycles. The summed E-state index contributed by atoms with van der Waals surface area (Å²) in [5.74, 6) is 0.254. The van der Waals surface area contributed by atoms with Crippen molar-refractivity contribution in [3.05, 3.63) is 29.8 Å². The highest BCUT2D eigenvalue weighted by molar-refractivity contribution is 7.52. The minimum Gasteiger partial charge on any atom is -0.508 e. The predicted octanol–water partition coefficient (Wildman–Crippen LogP) is 1.77. The number of nitrogens with two attached hydrogens (primary N) is 1. The number of anilines is 1. The van der Waals surface area contributed by atoms with Crippen molar-refractivity contribution in [3.63, 3.8) is 0 Å². The number of rotatable bonds is 9. The van der Waals surface area contributed by atoms with E-state index in [1.54, 1.807) is 22.8 Å². The Morgan fingerprint density at radius 3 is 2.72 bits per heavy atom. The molecule has 1 unspecified atom stereocenters. The zero-order valence-corrected chi connectivity index (χ0v) is 16.9. The molecule has 0 radical (unpaired) electrons. The molecule has 0 amide bonds. The third kappa shape index (κ3) is 4.94. The molecule has 0 fully saturated rings. The molecule has 29 heavy (non-hydrogen) atoms. The number of aromatic hydroxyl groups is 1. The summed E-state index contributed by atoms with van der Waals surface area (Å²) >= 11 is 0. The van der Waals surface area contributed by atoms with E-state index in [0.29, 0.717) is 17.7 Å². The second kappa shape index (κ2) is 8.64. The zero-order chi connectivity index (χ0) is 21.0. The predicted molar refractivity (Wildman–Crippen MR) is 105 cm³/mol. The Labute approximate surface area is 166 Å². The van der Waals surface area contributed by atoms with Gasteiger partial charge in [0.2, 0.25) is 0 Å². The Hall–Kier alpha value is -2.88. The van der Waals surface area contributed by atoms with Crippen LogP contribution < -0.4 is 15.2 Å². The maximum atomic E-state index is 11.5. The van der Waals surface area contributed by atoms with Gasteiger partial charge in [-0.05, 0) is 24.1 Å². The van der Waals surface area contributed by atoms with Gasteiger partial charge in [-0.25, -0.2) is 0 Å².